The van der Waals surface area contributed by atoms with Gasteiger partial charge in [-0.3, -0.25) is 15.0 Å². The number of carbonyl (C=O) groups is 2. The van der Waals surface area contributed by atoms with Crippen molar-refractivity contribution in [2.75, 3.05) is 11.5 Å². The molecular formula is C23H25F2NO6S. The van der Waals surface area contributed by atoms with Gasteiger partial charge < -0.3 is 14.7 Å². The van der Waals surface area contributed by atoms with Crippen molar-refractivity contribution >= 4 is 29.9 Å². The van der Waals surface area contributed by atoms with E-state index in [0.717, 1.165) is 12.1 Å². The second kappa shape index (κ2) is 12.3. The van der Waals surface area contributed by atoms with E-state index < -0.39 is 29.1 Å². The zero-order chi connectivity index (χ0) is 24.4. The fraction of sp³-hybridized carbons (Fsp3) is 0.348. The zero-order valence-corrected chi connectivity index (χ0v) is 19.0. The molecule has 0 saturated heterocycles. The minimum absolute atomic E-state index is 0.0721. The Bertz CT molecular complexity index is 948. The van der Waals surface area contributed by atoms with Crippen LogP contribution in [0.25, 0.3) is 0 Å². The number of benzene rings is 2. The van der Waals surface area contributed by atoms with Crippen molar-refractivity contribution in [3.63, 3.8) is 0 Å². The minimum Gasteiger partial charge on any atom is -0.489 e. The molecule has 33 heavy (non-hydrogen) atoms. The van der Waals surface area contributed by atoms with Gasteiger partial charge in [0.1, 0.15) is 29.6 Å². The fourth-order valence-corrected chi connectivity index (χ4v) is 3.95. The number of carbonyl (C=O) groups excluding carboxylic acids is 1. The number of ether oxygens (including phenoxy) is 1. The predicted molar refractivity (Wildman–Crippen MR) is 120 cm³/mol. The predicted octanol–water partition coefficient (Wildman–Crippen LogP) is 4.88. The van der Waals surface area contributed by atoms with Crippen LogP contribution in [-0.4, -0.2) is 40.4 Å². The molecule has 0 aliphatic rings. The standard InChI is InChI=1S/C23H25F2NO6S/c1-23(2,32-31-14-26)10-16(22(28)29)12-33-13-21(27)15-6-8-17(9-7-15)30-11-18-19(24)4-3-5-20(18)25/h3-9,14,16,26H,10-13H2,1-2H3,(H,28,29). The largest absolute Gasteiger partial charge is 0.489 e. The average Bonchev–Trinajstić information content (AvgIpc) is 2.77. The number of halogens is 2. The molecule has 0 amide bonds. The number of thioether (sulfide) groups is 1. The number of ketones is 1. The number of rotatable bonds is 14. The van der Waals surface area contributed by atoms with E-state index in [1.54, 1.807) is 13.8 Å². The first-order valence-corrected chi connectivity index (χ1v) is 11.1. The molecule has 1 atom stereocenters. The molecule has 2 aromatic rings. The van der Waals surface area contributed by atoms with Gasteiger partial charge in [0.25, 0.3) is 0 Å². The van der Waals surface area contributed by atoms with Gasteiger partial charge in [-0.2, -0.15) is 16.6 Å². The number of aliphatic carboxylic acids is 1. The van der Waals surface area contributed by atoms with Crippen LogP contribution in [-0.2, 0) is 21.2 Å². The second-order valence-corrected chi connectivity index (χ2v) is 8.78. The van der Waals surface area contributed by atoms with E-state index >= 15 is 0 Å². The maximum atomic E-state index is 13.7. The molecule has 0 aromatic heterocycles. The van der Waals surface area contributed by atoms with Gasteiger partial charge in [-0.05, 0) is 56.7 Å². The maximum Gasteiger partial charge on any atom is 0.307 e. The molecule has 0 heterocycles. The smallest absolute Gasteiger partial charge is 0.307 e. The lowest BCUT2D eigenvalue weighted by molar-refractivity contribution is -0.294. The van der Waals surface area contributed by atoms with Crippen LogP contribution in [0.5, 0.6) is 5.75 Å². The summed E-state index contributed by atoms with van der Waals surface area (Å²) >= 11 is 1.19. The highest BCUT2D eigenvalue weighted by Gasteiger charge is 2.30. The molecule has 0 bridgehead atoms. The summed E-state index contributed by atoms with van der Waals surface area (Å²) < 4.78 is 32.7. The van der Waals surface area contributed by atoms with E-state index in [0.29, 0.717) is 17.7 Å². The second-order valence-electron chi connectivity index (χ2n) is 7.75. The summed E-state index contributed by atoms with van der Waals surface area (Å²) in [6, 6.07) is 9.70. The van der Waals surface area contributed by atoms with Crippen LogP contribution in [0.3, 0.4) is 0 Å². The summed E-state index contributed by atoms with van der Waals surface area (Å²) in [5.74, 6) is -2.78. The molecule has 0 aliphatic heterocycles. The fourth-order valence-electron chi connectivity index (χ4n) is 2.94. The van der Waals surface area contributed by atoms with Crippen LogP contribution < -0.4 is 4.74 Å². The van der Waals surface area contributed by atoms with Crippen molar-refractivity contribution < 1.29 is 38.0 Å². The van der Waals surface area contributed by atoms with Crippen molar-refractivity contribution in [3.8, 4) is 5.75 Å². The zero-order valence-electron chi connectivity index (χ0n) is 18.2. The molecule has 0 fully saturated rings. The van der Waals surface area contributed by atoms with Crippen molar-refractivity contribution in [1.29, 1.82) is 5.41 Å². The number of carboxylic acids is 1. The number of nitrogens with one attached hydrogen (secondary N) is 1. The highest BCUT2D eigenvalue weighted by atomic mass is 32.2. The first-order valence-electron chi connectivity index (χ1n) is 9.96. The van der Waals surface area contributed by atoms with E-state index in [1.165, 1.54) is 42.1 Å². The Morgan fingerprint density at radius 2 is 1.79 bits per heavy atom. The molecule has 2 aromatic carbocycles. The summed E-state index contributed by atoms with van der Waals surface area (Å²) in [6.07, 6.45) is 0.742. The summed E-state index contributed by atoms with van der Waals surface area (Å²) in [5.41, 5.74) is -0.700. The van der Waals surface area contributed by atoms with E-state index in [-0.39, 0.29) is 35.9 Å². The van der Waals surface area contributed by atoms with Crippen molar-refractivity contribution in [2.24, 2.45) is 5.92 Å². The third-order valence-corrected chi connectivity index (χ3v) is 5.69. The summed E-state index contributed by atoms with van der Waals surface area (Å²) in [5, 5.41) is 16.3. The summed E-state index contributed by atoms with van der Waals surface area (Å²) in [6.45, 7) is 3.00. The monoisotopic (exact) mass is 481 g/mol. The van der Waals surface area contributed by atoms with Crippen LogP contribution >= 0.6 is 11.8 Å². The van der Waals surface area contributed by atoms with Crippen LogP contribution in [0, 0.1) is 23.0 Å². The van der Waals surface area contributed by atoms with Gasteiger partial charge >= 0.3 is 5.97 Å². The third kappa shape index (κ3) is 8.47. The maximum absolute atomic E-state index is 13.7. The molecule has 7 nitrogen and oxygen atoms in total. The molecule has 2 N–H and O–H groups in total. The van der Waals surface area contributed by atoms with Crippen LogP contribution in [0.1, 0.15) is 36.2 Å². The highest BCUT2D eigenvalue weighted by Crippen LogP contribution is 2.25. The van der Waals surface area contributed by atoms with Gasteiger partial charge in [0.05, 0.1) is 17.2 Å². The normalized spacial score (nSPS) is 12.1. The van der Waals surface area contributed by atoms with Gasteiger partial charge in [-0.15, -0.1) is 0 Å². The lowest BCUT2D eigenvalue weighted by atomic mass is 9.95. The lowest BCUT2D eigenvalue weighted by Gasteiger charge is -2.25. The van der Waals surface area contributed by atoms with Crippen LogP contribution in [0.4, 0.5) is 8.78 Å². The van der Waals surface area contributed by atoms with Gasteiger partial charge in [0, 0.05) is 11.3 Å². The van der Waals surface area contributed by atoms with Gasteiger partial charge in [0.15, 0.2) is 5.78 Å². The van der Waals surface area contributed by atoms with Crippen LogP contribution in [0.15, 0.2) is 42.5 Å². The highest BCUT2D eigenvalue weighted by molar-refractivity contribution is 8.00. The van der Waals surface area contributed by atoms with E-state index in [2.05, 4.69) is 4.89 Å². The minimum atomic E-state index is -1.02. The topological polar surface area (TPSA) is 106 Å². The Balaban J connectivity index is 1.86. The summed E-state index contributed by atoms with van der Waals surface area (Å²) in [4.78, 5) is 33.4. The van der Waals surface area contributed by atoms with E-state index in [1.807, 2.05) is 0 Å². The first-order chi connectivity index (χ1) is 15.6. The van der Waals surface area contributed by atoms with E-state index in [9.17, 15) is 23.5 Å². The quantitative estimate of drug-likeness (QED) is 0.130. The van der Waals surface area contributed by atoms with Crippen molar-refractivity contribution in [3.05, 3.63) is 65.2 Å². The number of hydrogen-bond acceptors (Lipinski definition) is 7. The lowest BCUT2D eigenvalue weighted by Crippen LogP contribution is -2.32. The van der Waals surface area contributed by atoms with E-state index in [4.69, 9.17) is 15.0 Å². The Morgan fingerprint density at radius 3 is 2.36 bits per heavy atom. The molecule has 178 valence electrons. The summed E-state index contributed by atoms with van der Waals surface area (Å²) in [7, 11) is 0. The molecule has 2 rings (SSSR count). The number of hydrogen-bond donors (Lipinski definition) is 2. The molecule has 0 aliphatic carbocycles. The van der Waals surface area contributed by atoms with Crippen molar-refractivity contribution in [2.45, 2.75) is 32.5 Å². The Morgan fingerprint density at radius 1 is 1.15 bits per heavy atom. The molecule has 10 heteroatoms. The Kier molecular flexibility index (Phi) is 9.80. The van der Waals surface area contributed by atoms with Gasteiger partial charge in [-0.25, -0.2) is 8.78 Å². The van der Waals surface area contributed by atoms with Gasteiger partial charge in [0.2, 0.25) is 6.40 Å². The Labute approximate surface area is 194 Å². The average molecular weight is 482 g/mol. The Hall–Kier alpha value is -2.98. The molecule has 0 spiro atoms. The number of carboxylic acid groups (broad SMARTS) is 1. The molecule has 1 unspecified atom stereocenters. The molecule has 0 saturated carbocycles. The molecular weight excluding hydrogens is 456 g/mol. The van der Waals surface area contributed by atoms with Gasteiger partial charge in [-0.1, -0.05) is 6.07 Å². The van der Waals surface area contributed by atoms with Crippen LogP contribution in [0.2, 0.25) is 0 Å². The number of Topliss-reactive ketones (excluding diaryl/α,β-unsaturated/α-hetero) is 1. The molecule has 0 radical (unpaired) electrons. The first kappa shape index (κ1) is 26.3. The third-order valence-electron chi connectivity index (χ3n) is 4.58. The van der Waals surface area contributed by atoms with Crippen molar-refractivity contribution in [1.82, 2.24) is 0 Å². The SMILES string of the molecule is CC(C)(CC(CSCC(=O)c1ccc(OCc2c(F)cccc2F)cc1)C(=O)O)OOC=N.